The average Bonchev–Trinajstić information content (AvgIpc) is 0.719. The van der Waals surface area contributed by atoms with Gasteiger partial charge in [0, 0.05) is 24.8 Å². The largest absolute Gasteiger partial charge is 0.255 e. The predicted octanol–water partition coefficient (Wildman–Crippen LogP) is 26.4. The quantitative estimate of drug-likeness (QED) is 0.0904. The van der Waals surface area contributed by atoms with Crippen LogP contribution in [0.1, 0.15) is 0 Å². The summed E-state index contributed by atoms with van der Waals surface area (Å²) in [4.78, 5) is 30.6. The maximum absolute atomic E-state index is 5.39. The maximum atomic E-state index is 5.39. The second-order valence-electron chi connectivity index (χ2n) is 26.7. The Labute approximate surface area is 629 Å². The van der Waals surface area contributed by atoms with E-state index in [1.165, 1.54) is 0 Å². The van der Waals surface area contributed by atoms with Crippen LogP contribution in [-0.2, 0) is 0 Å². The summed E-state index contributed by atoms with van der Waals surface area (Å²) >= 11 is 0. The number of aromatic nitrogens is 6. The van der Waals surface area contributed by atoms with Crippen molar-refractivity contribution < 1.29 is 0 Å². The lowest BCUT2D eigenvalue weighted by Crippen LogP contribution is -2.03. The lowest BCUT2D eigenvalue weighted by Gasteiger charge is -2.29. The van der Waals surface area contributed by atoms with E-state index < -0.39 is 0 Å². The Balaban J connectivity index is 0.912. The van der Waals surface area contributed by atoms with Crippen molar-refractivity contribution in [1.82, 2.24) is 29.9 Å². The van der Waals surface area contributed by atoms with Gasteiger partial charge in [-0.15, -0.1) is 0 Å². The summed E-state index contributed by atoms with van der Waals surface area (Å²) < 4.78 is 0. The standard InChI is InChI=1S/C102H68N6/c1-9-33-71(34-10-1)91-93(73-37-13-3-14-38-73)97(77-45-21-7-22-46-77)101(81-65-87(83-49-25-29-61-103-83)107-88(66-81)84-50-26-30-62-104-84)99(95(91)75-41-17-5-18-42-75)79-57-53-69(54-58-79)70-55-59-80(60-56-70)100-96(76-43-19-6-20-44-76)92(72-35-11-2-12-36-72)94(74-39-15-4-16-40-74)98(78-47-23-8-24-48-78)102(100)82-67-89(85-51-27-31-63-105-85)108-90(68-82)86-52-28-32-64-106-86/h1-68H. The summed E-state index contributed by atoms with van der Waals surface area (Å²) in [5, 5.41) is 0. The molecule has 6 heteroatoms. The van der Waals surface area contributed by atoms with E-state index in [9.17, 15) is 0 Å². The van der Waals surface area contributed by atoms with Crippen molar-refractivity contribution in [2.45, 2.75) is 0 Å². The van der Waals surface area contributed by atoms with Gasteiger partial charge in [0.2, 0.25) is 0 Å². The Bertz CT molecular complexity index is 5660. The van der Waals surface area contributed by atoms with E-state index in [4.69, 9.17) is 29.9 Å². The van der Waals surface area contributed by atoms with E-state index in [1.807, 2.05) is 97.6 Å². The Hall–Kier alpha value is -14.5. The molecule has 0 N–H and O–H groups in total. The summed E-state index contributed by atoms with van der Waals surface area (Å²) in [6.45, 7) is 0. The van der Waals surface area contributed by atoms with E-state index in [2.05, 4.69) is 315 Å². The second-order valence-corrected chi connectivity index (χ2v) is 26.7. The van der Waals surface area contributed by atoms with Crippen LogP contribution >= 0.6 is 0 Å². The molecule has 0 aliphatic heterocycles. The first kappa shape index (κ1) is 65.6. The third-order valence-corrected chi connectivity index (χ3v) is 20.1. The topological polar surface area (TPSA) is 77.3 Å². The molecule has 0 saturated heterocycles. The highest BCUT2D eigenvalue weighted by Gasteiger charge is 2.33. The molecule has 6 aromatic heterocycles. The normalized spacial score (nSPS) is 11.1. The molecule has 506 valence electrons. The highest BCUT2D eigenvalue weighted by Crippen LogP contribution is 2.59. The van der Waals surface area contributed by atoms with E-state index in [0.29, 0.717) is 0 Å². The fourth-order valence-electron chi connectivity index (χ4n) is 15.4. The number of nitrogens with zero attached hydrogens (tertiary/aromatic N) is 6. The summed E-state index contributed by atoms with van der Waals surface area (Å²) in [7, 11) is 0. The second kappa shape index (κ2) is 29.7. The van der Waals surface area contributed by atoms with Gasteiger partial charge in [-0.25, -0.2) is 9.97 Å². The number of rotatable bonds is 17. The molecule has 108 heavy (non-hydrogen) atoms. The van der Waals surface area contributed by atoms with Gasteiger partial charge in [0.25, 0.3) is 0 Å². The Kier molecular flexibility index (Phi) is 18.0. The van der Waals surface area contributed by atoms with Crippen LogP contribution in [0.2, 0.25) is 0 Å². The molecule has 18 rings (SSSR count). The SMILES string of the molecule is c1ccc(-c2c(-c3ccccc3)c(-c3ccccc3)c(-c3cc(-c4ccccn4)nc(-c4ccccn4)c3)c(-c3ccc(-c4ccc(-c5c(-c6ccccc6)c(-c6ccccc6)c(-c6ccccc6)c(-c6ccccc6)c5-c5cc(-c6ccccn6)nc(-c6ccccn6)c5)cc4)cc3)c2-c2ccccc2)cc1. The number of benzene rings is 12. The van der Waals surface area contributed by atoms with Crippen molar-refractivity contribution in [3.63, 3.8) is 0 Å². The van der Waals surface area contributed by atoms with Crippen molar-refractivity contribution in [2.75, 3.05) is 0 Å². The third-order valence-electron chi connectivity index (χ3n) is 20.1. The molecule has 6 heterocycles. The first-order valence-electron chi connectivity index (χ1n) is 36.5. The zero-order chi connectivity index (χ0) is 72.0. The lowest BCUT2D eigenvalue weighted by molar-refractivity contribution is 1.22. The number of pyridine rings is 6. The molecule has 18 aromatic rings. The molecule has 0 aliphatic rings. The van der Waals surface area contributed by atoms with Crippen LogP contribution in [-0.4, -0.2) is 29.9 Å². The van der Waals surface area contributed by atoms with E-state index >= 15 is 0 Å². The monoisotopic (exact) mass is 1380 g/mol. The van der Waals surface area contributed by atoms with E-state index in [0.717, 1.165) is 190 Å². The summed E-state index contributed by atoms with van der Waals surface area (Å²) in [6.07, 6.45) is 7.35. The van der Waals surface area contributed by atoms with Gasteiger partial charge in [0.15, 0.2) is 0 Å². The Morgan fingerprint density at radius 2 is 0.259 bits per heavy atom. The van der Waals surface area contributed by atoms with Crippen LogP contribution in [0.15, 0.2) is 413 Å². The smallest absolute Gasteiger partial charge is 0.0900 e. The average molecular weight is 1380 g/mol. The highest BCUT2D eigenvalue weighted by atomic mass is 14.8. The summed E-state index contributed by atoms with van der Waals surface area (Å²) in [5.41, 5.74) is 33.9. The summed E-state index contributed by atoms with van der Waals surface area (Å²) in [5.74, 6) is 0. The van der Waals surface area contributed by atoms with Crippen LogP contribution < -0.4 is 0 Å². The van der Waals surface area contributed by atoms with Gasteiger partial charge in [-0.2, -0.15) is 0 Å². The molecule has 0 bridgehead atoms. The highest BCUT2D eigenvalue weighted by molar-refractivity contribution is 6.17. The van der Waals surface area contributed by atoms with Crippen LogP contribution in [0.5, 0.6) is 0 Å². The van der Waals surface area contributed by atoms with E-state index in [-0.39, 0.29) is 0 Å². The van der Waals surface area contributed by atoms with Crippen molar-refractivity contribution >= 4 is 0 Å². The lowest BCUT2D eigenvalue weighted by atomic mass is 9.74. The fourth-order valence-corrected chi connectivity index (χ4v) is 15.4. The number of hydrogen-bond acceptors (Lipinski definition) is 6. The predicted molar refractivity (Wildman–Crippen MR) is 446 cm³/mol. The van der Waals surface area contributed by atoms with E-state index in [1.54, 1.807) is 0 Å². The molecule has 0 radical (unpaired) electrons. The Morgan fingerprint density at radius 3 is 0.426 bits per heavy atom. The van der Waals surface area contributed by atoms with Gasteiger partial charge >= 0.3 is 0 Å². The minimum Gasteiger partial charge on any atom is -0.255 e. The van der Waals surface area contributed by atoms with Crippen LogP contribution in [0.3, 0.4) is 0 Å². The maximum Gasteiger partial charge on any atom is 0.0900 e. The molecule has 0 atom stereocenters. The molecular formula is C102H68N6. The van der Waals surface area contributed by atoms with Crippen LogP contribution in [0, 0.1) is 0 Å². The molecule has 0 saturated carbocycles. The Morgan fingerprint density at radius 1 is 0.111 bits per heavy atom. The van der Waals surface area contributed by atoms with Crippen LogP contribution in [0.4, 0.5) is 0 Å². The molecular weight excluding hydrogens is 1310 g/mol. The minimum atomic E-state index is 0.735. The first-order chi connectivity index (χ1) is 53.6. The fraction of sp³-hybridized carbons (Fsp3) is 0. The molecule has 0 unspecified atom stereocenters. The molecule has 6 nitrogen and oxygen atoms in total. The van der Waals surface area contributed by atoms with Gasteiger partial charge in [-0.3, -0.25) is 19.9 Å². The number of hydrogen-bond donors (Lipinski definition) is 0. The van der Waals surface area contributed by atoms with Crippen molar-refractivity contribution in [3.05, 3.63) is 413 Å². The van der Waals surface area contributed by atoms with Crippen LogP contribution in [0.25, 0.3) is 190 Å². The molecule has 0 amide bonds. The van der Waals surface area contributed by atoms with Crippen molar-refractivity contribution in [2.24, 2.45) is 0 Å². The molecule has 0 aliphatic carbocycles. The van der Waals surface area contributed by atoms with Crippen molar-refractivity contribution in [1.29, 1.82) is 0 Å². The van der Waals surface area contributed by atoms with Gasteiger partial charge in [0.05, 0.1) is 45.6 Å². The van der Waals surface area contributed by atoms with Gasteiger partial charge < -0.3 is 0 Å². The van der Waals surface area contributed by atoms with Gasteiger partial charge in [-0.1, -0.05) is 315 Å². The molecule has 12 aromatic carbocycles. The third kappa shape index (κ3) is 12.9. The summed E-state index contributed by atoms with van der Waals surface area (Å²) in [6, 6.07) is 139. The van der Waals surface area contributed by atoms with Crippen molar-refractivity contribution in [3.8, 4) is 190 Å². The zero-order valence-corrected chi connectivity index (χ0v) is 58.9. The van der Waals surface area contributed by atoms with Gasteiger partial charge in [-0.05, 0) is 217 Å². The first-order valence-corrected chi connectivity index (χ1v) is 36.5. The molecule has 0 fully saturated rings. The minimum absolute atomic E-state index is 0.735. The zero-order valence-electron chi connectivity index (χ0n) is 58.9. The van der Waals surface area contributed by atoms with Gasteiger partial charge in [0.1, 0.15) is 0 Å². The molecule has 0 spiro atoms.